The topological polar surface area (TPSA) is 29.1 Å². The van der Waals surface area contributed by atoms with Crippen LogP contribution in [0.2, 0.25) is 0 Å². The van der Waals surface area contributed by atoms with Crippen LogP contribution in [0.5, 0.6) is 0 Å². The third kappa shape index (κ3) is 15.9. The van der Waals surface area contributed by atoms with Gasteiger partial charge in [-0.3, -0.25) is 4.79 Å². The summed E-state index contributed by atoms with van der Waals surface area (Å²) in [6.07, 6.45) is 20.9. The van der Waals surface area contributed by atoms with E-state index in [1.54, 1.807) is 0 Å². The minimum absolute atomic E-state index is 0.0126. The van der Waals surface area contributed by atoms with Crippen molar-refractivity contribution in [1.82, 2.24) is 5.32 Å². The number of amides is 1. The highest BCUT2D eigenvalue weighted by Crippen LogP contribution is 2.14. The smallest absolute Gasteiger partial charge is 0.243 e. The molecule has 0 aromatic carbocycles. The number of hydrogen-bond donors (Lipinski definition) is 1. The van der Waals surface area contributed by atoms with E-state index in [1.165, 1.54) is 89.5 Å². The van der Waals surface area contributed by atoms with E-state index < -0.39 is 0 Å². The van der Waals surface area contributed by atoms with Gasteiger partial charge in [-0.1, -0.05) is 104 Å². The van der Waals surface area contributed by atoms with Gasteiger partial charge in [-0.15, -0.1) is 0 Å². The quantitative estimate of drug-likeness (QED) is 0.239. The van der Waals surface area contributed by atoms with E-state index in [2.05, 4.69) is 25.7 Å². The number of hydrogen-bond acceptors (Lipinski definition) is 1. The van der Waals surface area contributed by atoms with Crippen LogP contribution in [-0.2, 0) is 4.79 Å². The van der Waals surface area contributed by atoms with Crippen molar-refractivity contribution >= 4 is 5.91 Å². The van der Waals surface area contributed by atoms with Crippen LogP contribution in [0.3, 0.4) is 0 Å². The lowest BCUT2D eigenvalue weighted by atomic mass is 10.00. The molecule has 1 amide bonds. The Morgan fingerprint density at radius 1 is 0.783 bits per heavy atom. The van der Waals surface area contributed by atoms with Crippen molar-refractivity contribution < 1.29 is 4.79 Å². The number of rotatable bonds is 17. The Hall–Kier alpha value is -0.790. The summed E-state index contributed by atoms with van der Waals surface area (Å²) >= 11 is 0. The van der Waals surface area contributed by atoms with Crippen molar-refractivity contribution in [2.45, 2.75) is 116 Å². The van der Waals surface area contributed by atoms with Crippen LogP contribution in [-0.4, -0.2) is 11.9 Å². The Balaban J connectivity index is 3.68. The zero-order chi connectivity index (χ0) is 17.2. The molecule has 0 aromatic heterocycles. The summed E-state index contributed by atoms with van der Waals surface area (Å²) in [5.41, 5.74) is 0. The summed E-state index contributed by atoms with van der Waals surface area (Å²) in [5.74, 6) is -0.0126. The fraction of sp³-hybridized carbons (Fsp3) is 0.857. The van der Waals surface area contributed by atoms with Crippen LogP contribution < -0.4 is 5.32 Å². The molecule has 0 saturated carbocycles. The molecular formula is C21H41NO. The SMILES string of the molecule is C=CC(=O)NC(CCCCCC)CCCCCCCCCCC. The van der Waals surface area contributed by atoms with Gasteiger partial charge in [0.25, 0.3) is 0 Å². The molecule has 0 heterocycles. The van der Waals surface area contributed by atoms with Crippen LogP contribution in [0.4, 0.5) is 0 Å². The van der Waals surface area contributed by atoms with Crippen molar-refractivity contribution in [1.29, 1.82) is 0 Å². The molecule has 0 aliphatic carbocycles. The minimum Gasteiger partial charge on any atom is -0.350 e. The Kier molecular flexibility index (Phi) is 17.0. The largest absolute Gasteiger partial charge is 0.350 e. The molecule has 0 spiro atoms. The lowest BCUT2D eigenvalue weighted by Gasteiger charge is -2.18. The van der Waals surface area contributed by atoms with Crippen LogP contribution in [0.25, 0.3) is 0 Å². The van der Waals surface area contributed by atoms with Gasteiger partial charge in [-0.2, -0.15) is 0 Å². The molecule has 2 heteroatoms. The van der Waals surface area contributed by atoms with Crippen LogP contribution in [0, 0.1) is 0 Å². The van der Waals surface area contributed by atoms with Crippen molar-refractivity contribution in [3.8, 4) is 0 Å². The first-order valence-electron chi connectivity index (χ1n) is 10.2. The summed E-state index contributed by atoms with van der Waals surface area (Å²) < 4.78 is 0. The monoisotopic (exact) mass is 323 g/mol. The van der Waals surface area contributed by atoms with Crippen molar-refractivity contribution in [2.24, 2.45) is 0 Å². The average molecular weight is 324 g/mol. The van der Waals surface area contributed by atoms with Crippen molar-refractivity contribution in [3.63, 3.8) is 0 Å². The molecule has 136 valence electrons. The van der Waals surface area contributed by atoms with Gasteiger partial charge in [0.15, 0.2) is 0 Å². The molecule has 0 fully saturated rings. The van der Waals surface area contributed by atoms with Gasteiger partial charge in [-0.05, 0) is 18.9 Å². The maximum absolute atomic E-state index is 11.5. The molecule has 23 heavy (non-hydrogen) atoms. The first kappa shape index (κ1) is 22.2. The van der Waals surface area contributed by atoms with E-state index in [4.69, 9.17) is 0 Å². The number of carbonyl (C=O) groups excluding carboxylic acids is 1. The van der Waals surface area contributed by atoms with Crippen molar-refractivity contribution in [2.75, 3.05) is 0 Å². The van der Waals surface area contributed by atoms with Crippen LogP contribution in [0.15, 0.2) is 12.7 Å². The fourth-order valence-electron chi connectivity index (χ4n) is 3.07. The molecule has 1 atom stereocenters. The van der Waals surface area contributed by atoms with Gasteiger partial charge in [-0.25, -0.2) is 0 Å². The number of unbranched alkanes of at least 4 members (excludes halogenated alkanes) is 11. The Morgan fingerprint density at radius 2 is 1.17 bits per heavy atom. The molecule has 1 N–H and O–H groups in total. The molecule has 0 bridgehead atoms. The first-order valence-corrected chi connectivity index (χ1v) is 10.2. The Morgan fingerprint density at radius 3 is 1.61 bits per heavy atom. The maximum atomic E-state index is 11.5. The van der Waals surface area contributed by atoms with E-state index >= 15 is 0 Å². The third-order valence-corrected chi connectivity index (χ3v) is 4.59. The van der Waals surface area contributed by atoms with E-state index in [0.29, 0.717) is 6.04 Å². The molecule has 0 radical (unpaired) electrons. The second kappa shape index (κ2) is 17.6. The summed E-state index contributed by atoms with van der Waals surface area (Å²) in [6.45, 7) is 8.07. The Labute approximate surface area is 145 Å². The van der Waals surface area contributed by atoms with Gasteiger partial charge in [0.05, 0.1) is 0 Å². The summed E-state index contributed by atoms with van der Waals surface area (Å²) in [6, 6.07) is 0.349. The van der Waals surface area contributed by atoms with Crippen LogP contribution in [0.1, 0.15) is 110 Å². The highest BCUT2D eigenvalue weighted by molar-refractivity contribution is 5.87. The Bertz CT molecular complexity index is 275. The highest BCUT2D eigenvalue weighted by Gasteiger charge is 2.10. The first-order chi connectivity index (χ1) is 11.2. The standard InChI is InChI=1S/C21H41NO/c1-4-7-9-11-12-13-14-15-17-19-20(22-21(23)6-3)18-16-10-8-5-2/h6,20H,3-5,7-19H2,1-2H3,(H,22,23). The molecule has 0 saturated heterocycles. The molecule has 2 nitrogen and oxygen atoms in total. The van der Waals surface area contributed by atoms with E-state index in [9.17, 15) is 4.79 Å². The molecular weight excluding hydrogens is 282 g/mol. The van der Waals surface area contributed by atoms with Gasteiger partial charge < -0.3 is 5.32 Å². The zero-order valence-electron chi connectivity index (χ0n) is 15.9. The number of carbonyl (C=O) groups is 1. The summed E-state index contributed by atoms with van der Waals surface area (Å²) in [4.78, 5) is 11.5. The normalized spacial score (nSPS) is 12.1. The zero-order valence-corrected chi connectivity index (χ0v) is 15.9. The summed E-state index contributed by atoms with van der Waals surface area (Å²) in [7, 11) is 0. The van der Waals surface area contributed by atoms with Gasteiger partial charge in [0.2, 0.25) is 5.91 Å². The third-order valence-electron chi connectivity index (χ3n) is 4.59. The second-order valence-corrected chi connectivity index (χ2v) is 6.88. The van der Waals surface area contributed by atoms with E-state index in [1.807, 2.05) is 0 Å². The lowest BCUT2D eigenvalue weighted by molar-refractivity contribution is -0.117. The highest BCUT2D eigenvalue weighted by atomic mass is 16.1. The maximum Gasteiger partial charge on any atom is 0.243 e. The molecule has 0 aromatic rings. The predicted octanol–water partition coefficient (Wildman–Crippen LogP) is 6.55. The molecule has 0 rings (SSSR count). The fourth-order valence-corrected chi connectivity index (χ4v) is 3.07. The van der Waals surface area contributed by atoms with Crippen LogP contribution >= 0.6 is 0 Å². The van der Waals surface area contributed by atoms with Gasteiger partial charge >= 0.3 is 0 Å². The van der Waals surface area contributed by atoms with Gasteiger partial charge in [0, 0.05) is 6.04 Å². The van der Waals surface area contributed by atoms with Crippen molar-refractivity contribution in [3.05, 3.63) is 12.7 Å². The molecule has 0 aliphatic heterocycles. The molecule has 0 aliphatic rings. The predicted molar refractivity (Wildman–Crippen MR) is 103 cm³/mol. The number of nitrogens with one attached hydrogen (secondary N) is 1. The summed E-state index contributed by atoms with van der Waals surface area (Å²) in [5, 5.41) is 3.11. The van der Waals surface area contributed by atoms with Gasteiger partial charge in [0.1, 0.15) is 0 Å². The molecule has 1 unspecified atom stereocenters. The second-order valence-electron chi connectivity index (χ2n) is 6.88. The van der Waals surface area contributed by atoms with E-state index in [-0.39, 0.29) is 5.91 Å². The lowest BCUT2D eigenvalue weighted by Crippen LogP contribution is -2.33. The minimum atomic E-state index is -0.0126. The average Bonchev–Trinajstić information content (AvgIpc) is 2.56. The van der Waals surface area contributed by atoms with E-state index in [0.717, 1.165) is 12.8 Å².